The van der Waals surface area contributed by atoms with Crippen molar-refractivity contribution in [2.45, 2.75) is 52.1 Å². The first-order chi connectivity index (χ1) is 9.56. The number of nitrogens with one attached hydrogen (secondary N) is 2. The lowest BCUT2D eigenvalue weighted by molar-refractivity contribution is -0.123. The van der Waals surface area contributed by atoms with Crippen LogP contribution in [0.5, 0.6) is 0 Å². The first-order valence-corrected chi connectivity index (χ1v) is 7.58. The summed E-state index contributed by atoms with van der Waals surface area (Å²) < 4.78 is 0. The fourth-order valence-corrected chi connectivity index (χ4v) is 2.40. The van der Waals surface area contributed by atoms with E-state index < -0.39 is 0 Å². The van der Waals surface area contributed by atoms with Crippen LogP contribution < -0.4 is 10.6 Å². The van der Waals surface area contributed by atoms with E-state index in [1.807, 2.05) is 6.07 Å². The average Bonchev–Trinajstić information content (AvgIpc) is 2.45. The smallest absolute Gasteiger partial charge is 0.236 e. The van der Waals surface area contributed by atoms with Crippen molar-refractivity contribution < 1.29 is 4.79 Å². The molecule has 112 valence electrons. The number of carbonyl (C=O) groups is 1. The zero-order chi connectivity index (χ0) is 15.0. The Morgan fingerprint density at radius 2 is 1.85 bits per heavy atom. The summed E-state index contributed by atoms with van der Waals surface area (Å²) >= 11 is 0. The van der Waals surface area contributed by atoms with Crippen LogP contribution in [-0.2, 0) is 11.2 Å². The van der Waals surface area contributed by atoms with E-state index >= 15 is 0 Å². The fraction of sp³-hybridized carbons (Fsp3) is 0.588. The van der Waals surface area contributed by atoms with E-state index in [4.69, 9.17) is 0 Å². The monoisotopic (exact) mass is 276 g/mol. The molecule has 20 heavy (non-hydrogen) atoms. The van der Waals surface area contributed by atoms with Crippen molar-refractivity contribution in [3.05, 3.63) is 35.9 Å². The zero-order valence-corrected chi connectivity index (χ0v) is 13.1. The highest BCUT2D eigenvalue weighted by Crippen LogP contribution is 2.10. The van der Waals surface area contributed by atoms with Gasteiger partial charge >= 0.3 is 0 Å². The lowest BCUT2D eigenvalue weighted by Gasteiger charge is -2.25. The van der Waals surface area contributed by atoms with Crippen LogP contribution in [0.15, 0.2) is 30.3 Å². The largest absolute Gasteiger partial charge is 0.358 e. The number of amides is 1. The van der Waals surface area contributed by atoms with Gasteiger partial charge in [-0.1, -0.05) is 51.1 Å². The minimum atomic E-state index is -0.103. The molecule has 0 spiro atoms. The molecule has 1 amide bonds. The van der Waals surface area contributed by atoms with E-state index in [0.29, 0.717) is 12.0 Å². The predicted molar refractivity (Wildman–Crippen MR) is 84.7 cm³/mol. The highest BCUT2D eigenvalue weighted by Gasteiger charge is 2.21. The quantitative estimate of drug-likeness (QED) is 0.766. The molecule has 0 saturated heterocycles. The van der Waals surface area contributed by atoms with E-state index in [0.717, 1.165) is 19.3 Å². The average molecular weight is 276 g/mol. The minimum Gasteiger partial charge on any atom is -0.358 e. The number of carbonyl (C=O) groups excluding carboxylic acids is 1. The third-order valence-electron chi connectivity index (χ3n) is 3.52. The topological polar surface area (TPSA) is 41.1 Å². The molecule has 3 nitrogen and oxygen atoms in total. The molecule has 2 N–H and O–H groups in total. The first kappa shape index (κ1) is 16.7. The van der Waals surface area contributed by atoms with Gasteiger partial charge in [-0.3, -0.25) is 4.79 Å². The van der Waals surface area contributed by atoms with Crippen molar-refractivity contribution in [1.29, 1.82) is 0 Å². The summed E-state index contributed by atoms with van der Waals surface area (Å²) in [7, 11) is 1.70. The molecule has 0 fully saturated rings. The van der Waals surface area contributed by atoms with Crippen LogP contribution in [0.4, 0.5) is 0 Å². The van der Waals surface area contributed by atoms with Crippen molar-refractivity contribution >= 4 is 5.91 Å². The molecule has 0 bridgehead atoms. The van der Waals surface area contributed by atoms with Gasteiger partial charge in [0.05, 0.1) is 6.04 Å². The van der Waals surface area contributed by atoms with Gasteiger partial charge in [0.1, 0.15) is 0 Å². The predicted octanol–water partition coefficient (Wildman–Crippen LogP) is 2.76. The highest BCUT2D eigenvalue weighted by molar-refractivity contribution is 5.81. The lowest BCUT2D eigenvalue weighted by atomic mass is 9.99. The number of benzene rings is 1. The fourth-order valence-electron chi connectivity index (χ4n) is 2.40. The number of hydrogen-bond donors (Lipinski definition) is 2. The summed E-state index contributed by atoms with van der Waals surface area (Å²) in [6.45, 7) is 6.46. The molecule has 0 aliphatic carbocycles. The number of likely N-dealkylation sites (N-methyl/N-ethyl adjacent to an activating group) is 1. The van der Waals surface area contributed by atoms with Gasteiger partial charge in [0.15, 0.2) is 0 Å². The van der Waals surface area contributed by atoms with Gasteiger partial charge in [-0.15, -0.1) is 0 Å². The van der Waals surface area contributed by atoms with E-state index in [-0.39, 0.29) is 11.9 Å². The maximum atomic E-state index is 12.0. The second-order valence-corrected chi connectivity index (χ2v) is 5.76. The van der Waals surface area contributed by atoms with Gasteiger partial charge in [0.25, 0.3) is 0 Å². The Balaban J connectivity index is 2.65. The molecule has 3 heteroatoms. The second-order valence-electron chi connectivity index (χ2n) is 5.76. The Kier molecular flexibility index (Phi) is 7.31. The Hall–Kier alpha value is -1.35. The minimum absolute atomic E-state index is 0.0882. The highest BCUT2D eigenvalue weighted by atomic mass is 16.2. The van der Waals surface area contributed by atoms with Crippen LogP contribution in [-0.4, -0.2) is 25.0 Å². The SMILES string of the molecule is CCC(Cc1ccccc1)NC(CC(C)C)C(=O)NC. The summed E-state index contributed by atoms with van der Waals surface area (Å²) in [6.07, 6.45) is 2.84. The molecule has 0 saturated carbocycles. The molecular weight excluding hydrogens is 248 g/mol. The van der Waals surface area contributed by atoms with Gasteiger partial charge in [-0.2, -0.15) is 0 Å². The molecule has 0 heterocycles. The number of hydrogen-bond acceptors (Lipinski definition) is 2. The van der Waals surface area contributed by atoms with Crippen LogP contribution >= 0.6 is 0 Å². The Morgan fingerprint density at radius 3 is 2.35 bits per heavy atom. The van der Waals surface area contributed by atoms with Gasteiger partial charge in [0.2, 0.25) is 5.91 Å². The summed E-state index contributed by atoms with van der Waals surface area (Å²) in [6, 6.07) is 10.7. The molecule has 1 rings (SSSR count). The third-order valence-corrected chi connectivity index (χ3v) is 3.52. The van der Waals surface area contributed by atoms with Crippen LogP contribution in [0.25, 0.3) is 0 Å². The van der Waals surface area contributed by atoms with Gasteiger partial charge < -0.3 is 10.6 Å². The normalized spacial score (nSPS) is 14.1. The van der Waals surface area contributed by atoms with E-state index in [2.05, 4.69) is 55.7 Å². The third kappa shape index (κ3) is 5.74. The molecule has 2 unspecified atom stereocenters. The van der Waals surface area contributed by atoms with Gasteiger partial charge in [-0.25, -0.2) is 0 Å². The molecule has 1 aromatic rings. The molecule has 0 aromatic heterocycles. The Morgan fingerprint density at radius 1 is 1.20 bits per heavy atom. The maximum Gasteiger partial charge on any atom is 0.236 e. The molecular formula is C17H28N2O. The Bertz CT molecular complexity index is 389. The van der Waals surface area contributed by atoms with Crippen molar-refractivity contribution in [1.82, 2.24) is 10.6 Å². The molecule has 1 aromatic carbocycles. The molecule has 0 radical (unpaired) electrons. The summed E-state index contributed by atoms with van der Waals surface area (Å²) in [5, 5.41) is 6.28. The van der Waals surface area contributed by atoms with Crippen LogP contribution in [0.2, 0.25) is 0 Å². The van der Waals surface area contributed by atoms with E-state index in [1.165, 1.54) is 5.56 Å². The first-order valence-electron chi connectivity index (χ1n) is 7.58. The van der Waals surface area contributed by atoms with Gasteiger partial charge in [-0.05, 0) is 30.7 Å². The van der Waals surface area contributed by atoms with Crippen LogP contribution in [0, 0.1) is 5.92 Å². The lowest BCUT2D eigenvalue weighted by Crippen LogP contribution is -2.48. The maximum absolute atomic E-state index is 12.0. The summed E-state index contributed by atoms with van der Waals surface area (Å²) in [5.74, 6) is 0.587. The molecule has 2 atom stereocenters. The summed E-state index contributed by atoms with van der Waals surface area (Å²) in [5.41, 5.74) is 1.31. The number of rotatable bonds is 8. The van der Waals surface area contributed by atoms with Crippen molar-refractivity contribution in [3.63, 3.8) is 0 Å². The van der Waals surface area contributed by atoms with Crippen molar-refractivity contribution in [2.75, 3.05) is 7.05 Å². The van der Waals surface area contributed by atoms with Crippen LogP contribution in [0.3, 0.4) is 0 Å². The molecule has 0 aliphatic rings. The Labute approximate surface area is 123 Å². The van der Waals surface area contributed by atoms with Crippen molar-refractivity contribution in [3.8, 4) is 0 Å². The molecule has 0 aliphatic heterocycles. The summed E-state index contributed by atoms with van der Waals surface area (Å²) in [4.78, 5) is 12.0. The standard InChI is InChI=1S/C17H28N2O/c1-5-15(12-14-9-7-6-8-10-14)19-16(11-13(2)3)17(20)18-4/h6-10,13,15-16,19H,5,11-12H2,1-4H3,(H,18,20). The van der Waals surface area contributed by atoms with E-state index in [1.54, 1.807) is 7.05 Å². The zero-order valence-electron chi connectivity index (χ0n) is 13.1. The second kappa shape index (κ2) is 8.75. The van der Waals surface area contributed by atoms with Gasteiger partial charge in [0, 0.05) is 13.1 Å². The van der Waals surface area contributed by atoms with Crippen molar-refractivity contribution in [2.24, 2.45) is 5.92 Å². The van der Waals surface area contributed by atoms with E-state index in [9.17, 15) is 4.79 Å². The van der Waals surface area contributed by atoms with Crippen LogP contribution in [0.1, 0.15) is 39.2 Å².